The monoisotopic (exact) mass is 424 g/mol. The highest BCUT2D eigenvalue weighted by Crippen LogP contribution is 2.45. The van der Waals surface area contributed by atoms with Crippen molar-refractivity contribution in [1.82, 2.24) is 13.7 Å². The van der Waals surface area contributed by atoms with Crippen LogP contribution in [0.2, 0.25) is 0 Å². The second-order valence-corrected chi connectivity index (χ2v) is 7.97. The molecule has 7 heteroatoms. The molecule has 0 unspecified atom stereocenters. The number of rotatable bonds is 2. The van der Waals surface area contributed by atoms with Crippen molar-refractivity contribution in [2.45, 2.75) is 6.04 Å². The number of anilines is 1. The van der Waals surface area contributed by atoms with Crippen LogP contribution in [0, 0.1) is 0 Å². The van der Waals surface area contributed by atoms with Crippen LogP contribution in [0.1, 0.15) is 17.5 Å². The van der Waals surface area contributed by atoms with E-state index in [0.29, 0.717) is 16.7 Å². The molecule has 32 heavy (non-hydrogen) atoms. The summed E-state index contributed by atoms with van der Waals surface area (Å²) in [5.74, 6) is 0.702. The third kappa shape index (κ3) is 2.36. The third-order valence-corrected chi connectivity index (χ3v) is 6.20. The number of aryl methyl sites for hydroxylation is 1. The lowest BCUT2D eigenvalue weighted by Gasteiger charge is -2.29. The Balaban J connectivity index is 1.90. The van der Waals surface area contributed by atoms with Crippen molar-refractivity contribution in [3.8, 4) is 16.9 Å². The number of nitrogens with one attached hydrogen (secondary N) is 1. The fourth-order valence-electron chi connectivity index (χ4n) is 4.76. The fraction of sp³-hybridized carbons (Fsp3) is 0.120. The predicted octanol–water partition coefficient (Wildman–Crippen LogP) is 3.80. The van der Waals surface area contributed by atoms with E-state index in [9.17, 15) is 9.59 Å². The largest absolute Gasteiger partial charge is 0.467 e. The molecule has 0 saturated heterocycles. The minimum absolute atomic E-state index is 0.320. The van der Waals surface area contributed by atoms with E-state index >= 15 is 0 Å². The molecule has 2 aromatic carbocycles. The zero-order valence-electron chi connectivity index (χ0n) is 17.6. The molecule has 0 bridgehead atoms. The molecule has 1 atom stereocenters. The summed E-state index contributed by atoms with van der Waals surface area (Å²) < 4.78 is 10.6. The van der Waals surface area contributed by atoms with Gasteiger partial charge in [-0.25, -0.2) is 4.79 Å². The Morgan fingerprint density at radius 1 is 0.875 bits per heavy atom. The summed E-state index contributed by atoms with van der Waals surface area (Å²) in [5.41, 5.74) is 4.19. The van der Waals surface area contributed by atoms with Crippen molar-refractivity contribution >= 4 is 16.6 Å². The number of hydrogen-bond acceptors (Lipinski definition) is 4. The number of para-hydroxylation sites is 2. The number of hydrogen-bond donors (Lipinski definition) is 1. The molecule has 4 heterocycles. The van der Waals surface area contributed by atoms with Crippen molar-refractivity contribution in [1.29, 1.82) is 0 Å². The van der Waals surface area contributed by atoms with Gasteiger partial charge in [-0.05, 0) is 29.8 Å². The highest BCUT2D eigenvalue weighted by atomic mass is 16.3. The lowest BCUT2D eigenvalue weighted by atomic mass is 10.1. The quantitative estimate of drug-likeness (QED) is 0.468. The average Bonchev–Trinajstić information content (AvgIpc) is 3.48. The number of aromatic nitrogens is 3. The van der Waals surface area contributed by atoms with Crippen LogP contribution >= 0.6 is 0 Å². The summed E-state index contributed by atoms with van der Waals surface area (Å²) in [4.78, 5) is 26.5. The van der Waals surface area contributed by atoms with Crippen LogP contribution < -0.4 is 16.6 Å². The van der Waals surface area contributed by atoms with Gasteiger partial charge in [-0.3, -0.25) is 13.9 Å². The first-order valence-electron chi connectivity index (χ1n) is 10.4. The van der Waals surface area contributed by atoms with Crippen LogP contribution in [0.15, 0.2) is 87.0 Å². The minimum atomic E-state index is -0.377. The minimum Gasteiger partial charge on any atom is -0.467 e. The predicted molar refractivity (Wildman–Crippen MR) is 123 cm³/mol. The van der Waals surface area contributed by atoms with Crippen molar-refractivity contribution < 1.29 is 4.42 Å². The molecular formula is C25H20N4O3. The zero-order chi connectivity index (χ0) is 22.0. The molecule has 0 saturated carbocycles. The van der Waals surface area contributed by atoms with E-state index in [4.69, 9.17) is 4.42 Å². The van der Waals surface area contributed by atoms with Crippen molar-refractivity contribution in [3.63, 3.8) is 0 Å². The van der Waals surface area contributed by atoms with Gasteiger partial charge in [0.1, 0.15) is 11.8 Å². The number of fused-ring (bicyclic) bond motifs is 5. The second kappa shape index (κ2) is 6.62. The summed E-state index contributed by atoms with van der Waals surface area (Å²) >= 11 is 0. The maximum Gasteiger partial charge on any atom is 0.331 e. The summed E-state index contributed by atoms with van der Waals surface area (Å²) in [5, 5.41) is 4.06. The topological polar surface area (TPSA) is 74.1 Å². The second-order valence-electron chi connectivity index (χ2n) is 7.97. The van der Waals surface area contributed by atoms with Gasteiger partial charge in [-0.2, -0.15) is 0 Å². The smallest absolute Gasteiger partial charge is 0.331 e. The SMILES string of the molecule is Cn1c(=O)c2c(-c3ccccc3)n3c(c2n(C)c1=O)[C@H](c1ccco1)Nc1ccccc1-3. The number of nitrogens with zero attached hydrogens (tertiary/aromatic N) is 3. The van der Waals surface area contributed by atoms with Gasteiger partial charge in [0.25, 0.3) is 5.56 Å². The Bertz CT molecular complexity index is 1610. The van der Waals surface area contributed by atoms with E-state index in [2.05, 4.69) is 9.88 Å². The third-order valence-electron chi connectivity index (χ3n) is 6.20. The molecule has 0 amide bonds. The van der Waals surface area contributed by atoms with Crippen molar-refractivity contribution in [2.24, 2.45) is 14.1 Å². The molecular weight excluding hydrogens is 404 g/mol. The zero-order valence-corrected chi connectivity index (χ0v) is 17.6. The Morgan fingerprint density at radius 3 is 2.38 bits per heavy atom. The van der Waals surface area contributed by atoms with Gasteiger partial charge in [0.15, 0.2) is 0 Å². The van der Waals surface area contributed by atoms with Crippen LogP contribution in [0.25, 0.3) is 27.8 Å². The molecule has 3 aromatic heterocycles. The average molecular weight is 424 g/mol. The first kappa shape index (κ1) is 18.5. The normalized spacial score (nSPS) is 14.8. The van der Waals surface area contributed by atoms with Crippen LogP contribution in [0.5, 0.6) is 0 Å². The molecule has 158 valence electrons. The molecule has 5 aromatic rings. The maximum atomic E-state index is 13.5. The highest BCUT2D eigenvalue weighted by molar-refractivity contribution is 5.99. The molecule has 1 N–H and O–H groups in total. The molecule has 1 aliphatic heterocycles. The first-order chi connectivity index (χ1) is 15.6. The Labute approximate surface area is 182 Å². The lowest BCUT2D eigenvalue weighted by Crippen LogP contribution is -2.37. The Kier molecular flexibility index (Phi) is 3.83. The molecule has 0 aliphatic carbocycles. The number of furan rings is 1. The van der Waals surface area contributed by atoms with Crippen LogP contribution in [-0.2, 0) is 14.1 Å². The first-order valence-corrected chi connectivity index (χ1v) is 10.4. The molecule has 0 fully saturated rings. The summed E-state index contributed by atoms with van der Waals surface area (Å²) in [6, 6.07) is 21.1. The van der Waals surface area contributed by atoms with Gasteiger partial charge < -0.3 is 14.3 Å². The van der Waals surface area contributed by atoms with E-state index in [1.54, 1.807) is 17.9 Å². The van der Waals surface area contributed by atoms with E-state index in [1.165, 1.54) is 11.6 Å². The van der Waals surface area contributed by atoms with Gasteiger partial charge >= 0.3 is 5.69 Å². The molecule has 0 radical (unpaired) electrons. The van der Waals surface area contributed by atoms with Crippen molar-refractivity contribution in [3.05, 3.63) is 105 Å². The molecule has 7 nitrogen and oxygen atoms in total. The van der Waals surface area contributed by atoms with Gasteiger partial charge in [0.2, 0.25) is 0 Å². The molecule has 6 rings (SSSR count). The fourth-order valence-corrected chi connectivity index (χ4v) is 4.76. The van der Waals surface area contributed by atoms with E-state index in [1.807, 2.05) is 66.7 Å². The standard InChI is InChI=1S/C25H20N4O3/c1-27-22-19(24(30)28(2)25(27)31)21(15-9-4-3-5-10-15)29-17-12-7-6-11-16(17)26-20(23(22)29)18-13-8-14-32-18/h3-14,20,26H,1-2H3/t20-/m0/s1. The summed E-state index contributed by atoms with van der Waals surface area (Å²) in [6.45, 7) is 0. The summed E-state index contributed by atoms with van der Waals surface area (Å²) in [6.07, 6.45) is 1.63. The maximum absolute atomic E-state index is 13.5. The Morgan fingerprint density at radius 2 is 1.62 bits per heavy atom. The van der Waals surface area contributed by atoms with E-state index in [-0.39, 0.29) is 17.3 Å². The van der Waals surface area contributed by atoms with Crippen LogP contribution in [-0.4, -0.2) is 13.7 Å². The van der Waals surface area contributed by atoms with E-state index < -0.39 is 0 Å². The van der Waals surface area contributed by atoms with E-state index in [0.717, 1.165) is 28.3 Å². The lowest BCUT2D eigenvalue weighted by molar-refractivity contribution is 0.492. The van der Waals surface area contributed by atoms with Crippen LogP contribution in [0.4, 0.5) is 5.69 Å². The van der Waals surface area contributed by atoms with Crippen molar-refractivity contribution in [2.75, 3.05) is 5.32 Å². The van der Waals surface area contributed by atoms with Gasteiger partial charge in [-0.15, -0.1) is 0 Å². The van der Waals surface area contributed by atoms with Gasteiger partial charge in [0, 0.05) is 14.1 Å². The van der Waals surface area contributed by atoms with Crippen LogP contribution in [0.3, 0.4) is 0 Å². The highest BCUT2D eigenvalue weighted by Gasteiger charge is 2.35. The Hall–Kier alpha value is -4.26. The van der Waals surface area contributed by atoms with Gasteiger partial charge in [-0.1, -0.05) is 42.5 Å². The summed E-state index contributed by atoms with van der Waals surface area (Å²) in [7, 11) is 3.23. The molecule has 1 aliphatic rings. The number of benzene rings is 2. The van der Waals surface area contributed by atoms with Gasteiger partial charge in [0.05, 0.1) is 39.9 Å². The molecule has 0 spiro atoms.